The standard InChI is InChI=1S/C13H17N3O2S/c1-3-19(17,18)13-6-4-5-11(9-13)7-8-12-10-16(2)15-14-12/h4-6,9-10H,3,7-8H2,1-2H3. The van der Waals surface area contributed by atoms with Crippen LogP contribution in [0.5, 0.6) is 0 Å². The third-order valence-electron chi connectivity index (χ3n) is 2.96. The molecule has 19 heavy (non-hydrogen) atoms. The Labute approximate surface area is 113 Å². The lowest BCUT2D eigenvalue weighted by Gasteiger charge is -2.04. The number of hydrogen-bond acceptors (Lipinski definition) is 4. The molecule has 2 aromatic rings. The number of rotatable bonds is 5. The van der Waals surface area contributed by atoms with Crippen molar-refractivity contribution >= 4 is 9.84 Å². The van der Waals surface area contributed by atoms with E-state index in [-0.39, 0.29) is 5.75 Å². The molecule has 6 heteroatoms. The maximum absolute atomic E-state index is 11.8. The Bertz CT molecular complexity index is 662. The van der Waals surface area contributed by atoms with Gasteiger partial charge in [-0.2, -0.15) is 0 Å². The smallest absolute Gasteiger partial charge is 0.178 e. The van der Waals surface area contributed by atoms with Gasteiger partial charge < -0.3 is 0 Å². The summed E-state index contributed by atoms with van der Waals surface area (Å²) in [5.41, 5.74) is 1.91. The van der Waals surface area contributed by atoms with E-state index >= 15 is 0 Å². The Hall–Kier alpha value is -1.69. The fourth-order valence-electron chi connectivity index (χ4n) is 1.84. The summed E-state index contributed by atoms with van der Waals surface area (Å²) in [7, 11) is -1.31. The Balaban J connectivity index is 2.11. The average molecular weight is 279 g/mol. The van der Waals surface area contributed by atoms with Gasteiger partial charge in [-0.05, 0) is 30.5 Å². The zero-order valence-electron chi connectivity index (χ0n) is 11.1. The van der Waals surface area contributed by atoms with Crippen LogP contribution < -0.4 is 0 Å². The average Bonchev–Trinajstić information content (AvgIpc) is 2.82. The first kappa shape index (κ1) is 13.7. The van der Waals surface area contributed by atoms with E-state index in [0.717, 1.165) is 24.1 Å². The molecule has 5 nitrogen and oxygen atoms in total. The topological polar surface area (TPSA) is 64.8 Å². The van der Waals surface area contributed by atoms with Crippen molar-refractivity contribution in [2.24, 2.45) is 7.05 Å². The molecule has 1 aromatic carbocycles. The van der Waals surface area contributed by atoms with Crippen molar-refractivity contribution in [2.45, 2.75) is 24.7 Å². The van der Waals surface area contributed by atoms with E-state index in [1.54, 1.807) is 29.8 Å². The monoisotopic (exact) mass is 279 g/mol. The number of sulfone groups is 1. The number of hydrogen-bond donors (Lipinski definition) is 0. The molecular weight excluding hydrogens is 262 g/mol. The Morgan fingerprint density at radius 3 is 2.68 bits per heavy atom. The van der Waals surface area contributed by atoms with Crippen LogP contribution in [0.25, 0.3) is 0 Å². The van der Waals surface area contributed by atoms with Crippen molar-refractivity contribution < 1.29 is 8.42 Å². The van der Waals surface area contributed by atoms with E-state index in [0.29, 0.717) is 4.90 Å². The molecule has 1 aromatic heterocycles. The predicted molar refractivity (Wildman–Crippen MR) is 72.6 cm³/mol. The molecule has 0 unspecified atom stereocenters. The molecule has 0 aliphatic heterocycles. The van der Waals surface area contributed by atoms with E-state index < -0.39 is 9.84 Å². The van der Waals surface area contributed by atoms with Crippen LogP contribution in [0.15, 0.2) is 35.4 Å². The molecule has 2 rings (SSSR count). The molecule has 102 valence electrons. The maximum Gasteiger partial charge on any atom is 0.178 e. The summed E-state index contributed by atoms with van der Waals surface area (Å²) in [5, 5.41) is 7.88. The summed E-state index contributed by atoms with van der Waals surface area (Å²) in [5.74, 6) is 0.126. The molecule has 0 amide bonds. The van der Waals surface area contributed by atoms with Crippen molar-refractivity contribution in [2.75, 3.05) is 5.75 Å². The highest BCUT2D eigenvalue weighted by molar-refractivity contribution is 7.91. The summed E-state index contributed by atoms with van der Waals surface area (Å²) in [6, 6.07) is 7.11. The van der Waals surface area contributed by atoms with E-state index in [1.165, 1.54) is 0 Å². The van der Waals surface area contributed by atoms with Crippen molar-refractivity contribution in [3.63, 3.8) is 0 Å². The van der Waals surface area contributed by atoms with Gasteiger partial charge >= 0.3 is 0 Å². The number of benzene rings is 1. The van der Waals surface area contributed by atoms with Gasteiger partial charge in [0.05, 0.1) is 16.3 Å². The summed E-state index contributed by atoms with van der Waals surface area (Å²) < 4.78 is 25.3. The lowest BCUT2D eigenvalue weighted by molar-refractivity contribution is 0.597. The van der Waals surface area contributed by atoms with Crippen molar-refractivity contribution in [1.82, 2.24) is 15.0 Å². The fraction of sp³-hybridized carbons (Fsp3) is 0.385. The minimum atomic E-state index is -3.13. The zero-order chi connectivity index (χ0) is 13.9. The zero-order valence-corrected chi connectivity index (χ0v) is 11.9. The lowest BCUT2D eigenvalue weighted by Crippen LogP contribution is -2.04. The second-order valence-electron chi connectivity index (χ2n) is 4.43. The summed E-state index contributed by atoms with van der Waals surface area (Å²) in [4.78, 5) is 0.395. The molecular formula is C13H17N3O2S. The van der Waals surface area contributed by atoms with Gasteiger partial charge in [0.15, 0.2) is 9.84 Å². The third kappa shape index (κ3) is 3.41. The van der Waals surface area contributed by atoms with Crippen LogP contribution in [-0.4, -0.2) is 29.2 Å². The molecule has 0 radical (unpaired) electrons. The van der Waals surface area contributed by atoms with Crippen LogP contribution in [0.1, 0.15) is 18.2 Å². The molecule has 0 saturated heterocycles. The number of aryl methyl sites for hydroxylation is 3. The third-order valence-corrected chi connectivity index (χ3v) is 4.69. The highest BCUT2D eigenvalue weighted by atomic mass is 32.2. The highest BCUT2D eigenvalue weighted by Crippen LogP contribution is 2.14. The molecule has 0 N–H and O–H groups in total. The second kappa shape index (κ2) is 5.52. The quantitative estimate of drug-likeness (QED) is 0.829. The van der Waals surface area contributed by atoms with E-state index in [2.05, 4.69) is 10.3 Å². The summed E-state index contributed by atoms with van der Waals surface area (Å²) >= 11 is 0. The van der Waals surface area contributed by atoms with Crippen LogP contribution in [0.3, 0.4) is 0 Å². The Kier molecular flexibility index (Phi) is 3.99. The van der Waals surface area contributed by atoms with Crippen molar-refractivity contribution in [3.05, 3.63) is 41.7 Å². The Morgan fingerprint density at radius 2 is 2.05 bits per heavy atom. The first-order valence-corrected chi connectivity index (χ1v) is 7.83. The first-order valence-electron chi connectivity index (χ1n) is 6.18. The van der Waals surface area contributed by atoms with Crippen LogP contribution >= 0.6 is 0 Å². The molecule has 0 aliphatic carbocycles. The van der Waals surface area contributed by atoms with Crippen LogP contribution in [0.2, 0.25) is 0 Å². The van der Waals surface area contributed by atoms with Crippen molar-refractivity contribution in [3.8, 4) is 0 Å². The predicted octanol–water partition coefficient (Wildman–Crippen LogP) is 1.39. The van der Waals surface area contributed by atoms with E-state index in [1.807, 2.05) is 19.3 Å². The fourth-order valence-corrected chi connectivity index (χ4v) is 2.79. The van der Waals surface area contributed by atoms with Gasteiger partial charge in [-0.15, -0.1) is 5.10 Å². The van der Waals surface area contributed by atoms with Crippen LogP contribution in [-0.2, 0) is 29.7 Å². The molecule has 0 aliphatic rings. The number of nitrogens with zero attached hydrogens (tertiary/aromatic N) is 3. The lowest BCUT2D eigenvalue weighted by atomic mass is 10.1. The molecule has 1 heterocycles. The molecule has 0 bridgehead atoms. The summed E-state index contributed by atoms with van der Waals surface area (Å²) in [6.45, 7) is 1.65. The normalized spacial score (nSPS) is 11.7. The molecule has 0 fully saturated rings. The van der Waals surface area contributed by atoms with E-state index in [9.17, 15) is 8.42 Å². The van der Waals surface area contributed by atoms with Crippen LogP contribution in [0, 0.1) is 0 Å². The molecule has 0 atom stereocenters. The van der Waals surface area contributed by atoms with E-state index in [4.69, 9.17) is 0 Å². The minimum absolute atomic E-state index is 0.126. The second-order valence-corrected chi connectivity index (χ2v) is 6.71. The minimum Gasteiger partial charge on any atom is -0.255 e. The van der Waals surface area contributed by atoms with Gasteiger partial charge in [0.25, 0.3) is 0 Å². The largest absolute Gasteiger partial charge is 0.255 e. The van der Waals surface area contributed by atoms with Gasteiger partial charge in [-0.1, -0.05) is 24.3 Å². The first-order chi connectivity index (χ1) is 9.01. The van der Waals surface area contributed by atoms with Gasteiger partial charge in [0.1, 0.15) is 0 Å². The van der Waals surface area contributed by atoms with Gasteiger partial charge in [-0.3, -0.25) is 4.68 Å². The molecule has 0 saturated carbocycles. The van der Waals surface area contributed by atoms with Gasteiger partial charge in [0.2, 0.25) is 0 Å². The SMILES string of the molecule is CCS(=O)(=O)c1cccc(CCc2cn(C)nn2)c1. The number of aromatic nitrogens is 3. The van der Waals surface area contributed by atoms with Gasteiger partial charge in [-0.25, -0.2) is 8.42 Å². The van der Waals surface area contributed by atoms with Gasteiger partial charge in [0, 0.05) is 13.2 Å². The summed E-state index contributed by atoms with van der Waals surface area (Å²) in [6.07, 6.45) is 3.38. The Morgan fingerprint density at radius 1 is 1.26 bits per heavy atom. The maximum atomic E-state index is 11.8. The highest BCUT2D eigenvalue weighted by Gasteiger charge is 2.11. The van der Waals surface area contributed by atoms with Crippen LogP contribution in [0.4, 0.5) is 0 Å². The molecule has 0 spiro atoms. The van der Waals surface area contributed by atoms with Crippen molar-refractivity contribution in [1.29, 1.82) is 0 Å².